The molecule has 1 nitrogen and oxygen atoms in total. The van der Waals surface area contributed by atoms with Crippen molar-refractivity contribution < 1.29 is 4.74 Å². The van der Waals surface area contributed by atoms with Crippen LogP contribution in [0.5, 0.6) is 0 Å². The molecule has 2 rings (SSSR count). The third kappa shape index (κ3) is 15.1. The van der Waals surface area contributed by atoms with Gasteiger partial charge in [-0.15, -0.1) is 0 Å². The zero-order chi connectivity index (χ0) is 25.1. The lowest BCUT2D eigenvalue weighted by Crippen LogP contribution is -2.25. The molecule has 2 fully saturated rings. The van der Waals surface area contributed by atoms with Gasteiger partial charge in [-0.05, 0) is 50.4 Å². The summed E-state index contributed by atoms with van der Waals surface area (Å²) in [5.41, 5.74) is 0. The number of rotatable bonds is 8. The van der Waals surface area contributed by atoms with Crippen LogP contribution >= 0.6 is 0 Å². The predicted octanol–water partition coefficient (Wildman–Crippen LogP) is 11.7. The summed E-state index contributed by atoms with van der Waals surface area (Å²) in [6.45, 7) is 9.80. The molecule has 0 N–H and O–H groups in total. The molecule has 0 aromatic rings. The van der Waals surface area contributed by atoms with Gasteiger partial charge in [0.05, 0.1) is 12.2 Å². The second-order valence-corrected chi connectivity index (χ2v) is 13.2. The highest BCUT2D eigenvalue weighted by atomic mass is 16.5. The summed E-state index contributed by atoms with van der Waals surface area (Å²) in [4.78, 5) is 0. The van der Waals surface area contributed by atoms with Gasteiger partial charge in [0.1, 0.15) is 0 Å². The van der Waals surface area contributed by atoms with Gasteiger partial charge in [-0.2, -0.15) is 0 Å². The zero-order valence-electron chi connectivity index (χ0n) is 24.8. The van der Waals surface area contributed by atoms with Crippen LogP contribution in [0.2, 0.25) is 0 Å². The van der Waals surface area contributed by atoms with E-state index >= 15 is 0 Å². The number of hydrogen-bond acceptors (Lipinski definition) is 1. The van der Waals surface area contributed by atoms with Crippen molar-refractivity contribution in [1.82, 2.24) is 0 Å². The van der Waals surface area contributed by atoms with Crippen LogP contribution in [0.4, 0.5) is 0 Å². The van der Waals surface area contributed by atoms with Crippen molar-refractivity contribution in [3.63, 3.8) is 0 Å². The normalized spacial score (nSPS) is 25.7. The quantitative estimate of drug-likeness (QED) is 0.328. The van der Waals surface area contributed by atoms with E-state index in [0.29, 0.717) is 12.2 Å². The molecule has 2 aliphatic rings. The zero-order valence-corrected chi connectivity index (χ0v) is 24.8. The van der Waals surface area contributed by atoms with Crippen molar-refractivity contribution in [2.24, 2.45) is 23.7 Å². The minimum Gasteiger partial charge on any atom is -0.376 e. The average Bonchev–Trinajstić information content (AvgIpc) is 2.79. The Morgan fingerprint density at radius 1 is 0.400 bits per heavy atom. The number of hydrogen-bond donors (Lipinski definition) is 0. The van der Waals surface area contributed by atoms with Gasteiger partial charge in [0.2, 0.25) is 0 Å². The third-order valence-corrected chi connectivity index (χ3v) is 9.78. The topological polar surface area (TPSA) is 9.23 Å². The molecular weight excluding hydrogens is 424 g/mol. The Hall–Kier alpha value is -0.0400. The Labute approximate surface area is 222 Å². The van der Waals surface area contributed by atoms with Gasteiger partial charge in [0.15, 0.2) is 0 Å². The summed E-state index contributed by atoms with van der Waals surface area (Å²) >= 11 is 0. The molecule has 2 saturated carbocycles. The molecule has 0 aromatic heterocycles. The molecular formula is C34H66O. The summed E-state index contributed by atoms with van der Waals surface area (Å²) in [6.07, 6.45) is 35.6. The summed E-state index contributed by atoms with van der Waals surface area (Å²) in [5.74, 6) is 3.46. The maximum absolute atomic E-state index is 6.65. The van der Waals surface area contributed by atoms with Gasteiger partial charge in [-0.1, -0.05) is 155 Å². The Morgan fingerprint density at radius 3 is 0.886 bits per heavy atom. The van der Waals surface area contributed by atoms with E-state index in [1.165, 1.54) is 154 Å². The molecule has 208 valence electrons. The van der Waals surface area contributed by atoms with Crippen LogP contribution in [-0.2, 0) is 4.74 Å². The second kappa shape index (κ2) is 20.0. The van der Waals surface area contributed by atoms with Crippen molar-refractivity contribution >= 4 is 0 Å². The van der Waals surface area contributed by atoms with Gasteiger partial charge >= 0.3 is 0 Å². The van der Waals surface area contributed by atoms with E-state index in [4.69, 9.17) is 4.74 Å². The fourth-order valence-electron chi connectivity index (χ4n) is 7.47. The molecule has 0 spiro atoms. The molecule has 0 saturated heterocycles. The van der Waals surface area contributed by atoms with E-state index in [9.17, 15) is 0 Å². The molecule has 0 amide bonds. The van der Waals surface area contributed by atoms with Gasteiger partial charge in [-0.25, -0.2) is 0 Å². The summed E-state index contributed by atoms with van der Waals surface area (Å²) in [6, 6.07) is 0. The van der Waals surface area contributed by atoms with Crippen LogP contribution in [0.3, 0.4) is 0 Å². The van der Waals surface area contributed by atoms with Crippen LogP contribution in [0, 0.1) is 23.7 Å². The van der Waals surface area contributed by atoms with Crippen molar-refractivity contribution in [1.29, 1.82) is 0 Å². The smallest absolute Gasteiger partial charge is 0.0553 e. The Bertz CT molecular complexity index is 407. The van der Waals surface area contributed by atoms with Crippen LogP contribution < -0.4 is 0 Å². The molecule has 35 heavy (non-hydrogen) atoms. The summed E-state index contributed by atoms with van der Waals surface area (Å²) in [7, 11) is 0. The van der Waals surface area contributed by atoms with Crippen LogP contribution in [-0.4, -0.2) is 12.2 Å². The first-order valence-corrected chi connectivity index (χ1v) is 16.7. The number of ether oxygens (including phenoxy) is 1. The predicted molar refractivity (Wildman–Crippen MR) is 156 cm³/mol. The minimum atomic E-state index is 0.407. The molecule has 1 heteroatoms. The van der Waals surface area contributed by atoms with Crippen LogP contribution in [0.15, 0.2) is 0 Å². The van der Waals surface area contributed by atoms with Crippen LogP contribution in [0.25, 0.3) is 0 Å². The SMILES string of the molecule is CC(CC(C)C1CCCCCCCCCCC1)OC(C)CC(C)C1CCCCCCCCCCC1. The lowest BCUT2D eigenvalue weighted by molar-refractivity contribution is -0.0224. The van der Waals surface area contributed by atoms with Crippen molar-refractivity contribution in [2.45, 2.75) is 194 Å². The molecule has 4 unspecified atom stereocenters. The first kappa shape index (κ1) is 31.2. The van der Waals surface area contributed by atoms with E-state index in [2.05, 4.69) is 27.7 Å². The average molecular weight is 491 g/mol. The van der Waals surface area contributed by atoms with Gasteiger partial charge in [0.25, 0.3) is 0 Å². The summed E-state index contributed by atoms with van der Waals surface area (Å²) < 4.78 is 6.65. The molecule has 0 aromatic carbocycles. The van der Waals surface area contributed by atoms with Crippen LogP contribution in [0.1, 0.15) is 182 Å². The van der Waals surface area contributed by atoms with Crippen molar-refractivity contribution in [3.05, 3.63) is 0 Å². The maximum atomic E-state index is 6.65. The first-order valence-electron chi connectivity index (χ1n) is 16.7. The molecule has 0 radical (unpaired) electrons. The minimum absolute atomic E-state index is 0.407. The van der Waals surface area contributed by atoms with Crippen molar-refractivity contribution in [3.8, 4) is 0 Å². The third-order valence-electron chi connectivity index (χ3n) is 9.78. The highest BCUT2D eigenvalue weighted by Gasteiger charge is 2.23. The fourth-order valence-corrected chi connectivity index (χ4v) is 7.47. The molecule has 0 bridgehead atoms. The van der Waals surface area contributed by atoms with Gasteiger partial charge < -0.3 is 4.74 Å². The van der Waals surface area contributed by atoms with E-state index in [1.807, 2.05) is 0 Å². The Kier molecular flexibility index (Phi) is 17.8. The first-order chi connectivity index (χ1) is 17.1. The maximum Gasteiger partial charge on any atom is 0.0553 e. The standard InChI is InChI=1S/C34H66O/c1-29(33-23-19-15-11-7-5-8-12-16-20-24-33)27-31(3)35-32(4)28-30(2)34-25-21-17-13-9-6-10-14-18-22-26-34/h29-34H,5-28H2,1-4H3. The second-order valence-electron chi connectivity index (χ2n) is 13.2. The van der Waals surface area contributed by atoms with E-state index in [-0.39, 0.29) is 0 Å². The fraction of sp³-hybridized carbons (Fsp3) is 1.00. The van der Waals surface area contributed by atoms with Crippen molar-refractivity contribution in [2.75, 3.05) is 0 Å². The highest BCUT2D eigenvalue weighted by molar-refractivity contribution is 4.74. The summed E-state index contributed by atoms with van der Waals surface area (Å²) in [5, 5.41) is 0. The highest BCUT2D eigenvalue weighted by Crippen LogP contribution is 2.32. The lowest BCUT2D eigenvalue weighted by Gasteiger charge is -2.30. The van der Waals surface area contributed by atoms with Gasteiger partial charge in [0, 0.05) is 0 Å². The Balaban J connectivity index is 1.74. The molecule has 4 atom stereocenters. The van der Waals surface area contributed by atoms with E-state index < -0.39 is 0 Å². The van der Waals surface area contributed by atoms with E-state index in [0.717, 1.165) is 23.7 Å². The van der Waals surface area contributed by atoms with Gasteiger partial charge in [-0.3, -0.25) is 0 Å². The largest absolute Gasteiger partial charge is 0.376 e. The lowest BCUT2D eigenvalue weighted by atomic mass is 9.81. The monoisotopic (exact) mass is 491 g/mol. The molecule has 0 heterocycles. The molecule has 2 aliphatic carbocycles. The molecule has 0 aliphatic heterocycles. The van der Waals surface area contributed by atoms with E-state index in [1.54, 1.807) is 0 Å². The Morgan fingerprint density at radius 2 is 0.629 bits per heavy atom.